The Morgan fingerprint density at radius 1 is 0.958 bits per heavy atom. The number of rotatable bonds is 9. The van der Waals surface area contributed by atoms with Crippen molar-refractivity contribution >= 4 is 22.6 Å². The van der Waals surface area contributed by atoms with Gasteiger partial charge in [-0.1, -0.05) is 89.8 Å². The van der Waals surface area contributed by atoms with Crippen LogP contribution in [0, 0.1) is 0 Å². The van der Waals surface area contributed by atoms with Crippen LogP contribution in [0.2, 0.25) is 0 Å². The molecule has 0 aliphatic rings. The first kappa shape index (κ1) is 19.0. The van der Waals surface area contributed by atoms with Gasteiger partial charge in [-0.15, -0.1) is 0 Å². The summed E-state index contributed by atoms with van der Waals surface area (Å²) in [5.41, 5.74) is 2.33. The van der Waals surface area contributed by atoms with Crippen LogP contribution in [0.3, 0.4) is 0 Å². The first-order valence-corrected chi connectivity index (χ1v) is 9.22. The Kier molecular flexibility index (Phi) is 7.31. The molecule has 0 heterocycles. The van der Waals surface area contributed by atoms with Gasteiger partial charge in [0.2, 0.25) is 0 Å². The molecular weight excluding hydrogens is 411 g/mol. The average molecular weight is 436 g/mol. The van der Waals surface area contributed by atoms with E-state index in [9.17, 15) is 0 Å². The van der Waals surface area contributed by atoms with Crippen LogP contribution in [0.1, 0.15) is 31.4 Å². The largest absolute Gasteiger partial charge is 0.494 e. The molecular formula is C21H25IO2. The Labute approximate surface area is 159 Å². The number of halogens is 1. The summed E-state index contributed by atoms with van der Waals surface area (Å²) in [5, 5.41) is 0. The van der Waals surface area contributed by atoms with Crippen molar-refractivity contribution in [1.29, 1.82) is 0 Å². The molecule has 1 unspecified atom stereocenters. The molecule has 0 amide bonds. The quantitative estimate of drug-likeness (QED) is 0.277. The first-order valence-electron chi connectivity index (χ1n) is 8.14. The lowest BCUT2D eigenvalue weighted by molar-refractivity contribution is 0.0143. The van der Waals surface area contributed by atoms with Crippen LogP contribution in [0.15, 0.2) is 73.0 Å². The van der Waals surface area contributed by atoms with Gasteiger partial charge in [-0.3, -0.25) is 0 Å². The summed E-state index contributed by atoms with van der Waals surface area (Å²) in [4.78, 5) is 0. The molecule has 0 bridgehead atoms. The Morgan fingerprint density at radius 3 is 1.96 bits per heavy atom. The molecule has 3 heteroatoms. The number of hydrogen-bond acceptors (Lipinski definition) is 2. The first-order chi connectivity index (χ1) is 11.4. The van der Waals surface area contributed by atoms with Crippen molar-refractivity contribution in [2.75, 3.05) is 0 Å². The van der Waals surface area contributed by atoms with Gasteiger partial charge in [-0.25, -0.2) is 0 Å². The van der Waals surface area contributed by atoms with E-state index in [-0.39, 0.29) is 9.53 Å². The van der Waals surface area contributed by atoms with E-state index < -0.39 is 0 Å². The SMILES string of the molecule is C=C(CC(OCc1ccccc1)C(C)(C)I)OCc1ccccc1. The second-order valence-electron chi connectivity index (χ2n) is 6.37. The number of alkyl halides is 1. The Balaban J connectivity index is 1.87. The van der Waals surface area contributed by atoms with Crippen LogP contribution in [0.5, 0.6) is 0 Å². The fraction of sp³-hybridized carbons (Fsp3) is 0.333. The molecule has 24 heavy (non-hydrogen) atoms. The molecule has 2 aromatic rings. The van der Waals surface area contributed by atoms with Crippen LogP contribution >= 0.6 is 22.6 Å². The number of benzene rings is 2. The van der Waals surface area contributed by atoms with E-state index in [0.29, 0.717) is 19.6 Å². The summed E-state index contributed by atoms with van der Waals surface area (Å²) < 4.78 is 12.0. The molecule has 0 spiro atoms. The molecule has 0 fully saturated rings. The Bertz CT molecular complexity index is 617. The highest BCUT2D eigenvalue weighted by Gasteiger charge is 2.28. The molecule has 0 aromatic heterocycles. The fourth-order valence-electron chi connectivity index (χ4n) is 2.30. The molecule has 2 aromatic carbocycles. The van der Waals surface area contributed by atoms with E-state index in [0.717, 1.165) is 11.3 Å². The van der Waals surface area contributed by atoms with E-state index in [1.165, 1.54) is 5.56 Å². The Morgan fingerprint density at radius 2 is 1.46 bits per heavy atom. The van der Waals surface area contributed by atoms with Gasteiger partial charge < -0.3 is 9.47 Å². The second-order valence-corrected chi connectivity index (χ2v) is 9.15. The standard InChI is InChI=1S/C21H25IO2/c1-17(23-15-18-10-6-4-7-11-18)14-20(21(2,3)22)24-16-19-12-8-5-9-13-19/h4-13,20H,1,14-16H2,2-3H3. The molecule has 0 saturated carbocycles. The molecule has 0 N–H and O–H groups in total. The Hall–Kier alpha value is -1.33. The summed E-state index contributed by atoms with van der Waals surface area (Å²) in [5.74, 6) is 0.765. The van der Waals surface area contributed by atoms with Gasteiger partial charge in [0.25, 0.3) is 0 Å². The molecule has 128 valence electrons. The van der Waals surface area contributed by atoms with E-state index in [1.807, 2.05) is 36.4 Å². The van der Waals surface area contributed by atoms with Gasteiger partial charge in [0.05, 0.1) is 18.5 Å². The molecule has 0 radical (unpaired) electrons. The molecule has 1 atom stereocenters. The van der Waals surface area contributed by atoms with Crippen molar-refractivity contribution in [3.8, 4) is 0 Å². The van der Waals surface area contributed by atoms with Crippen LogP contribution in [-0.4, -0.2) is 9.53 Å². The highest BCUT2D eigenvalue weighted by atomic mass is 127. The average Bonchev–Trinajstić information content (AvgIpc) is 2.57. The van der Waals surface area contributed by atoms with Gasteiger partial charge in [0.15, 0.2) is 0 Å². The summed E-state index contributed by atoms with van der Waals surface area (Å²) in [6.45, 7) is 9.57. The molecule has 0 aliphatic carbocycles. The summed E-state index contributed by atoms with van der Waals surface area (Å²) >= 11 is 2.43. The minimum atomic E-state index is -0.00835. The van der Waals surface area contributed by atoms with E-state index in [4.69, 9.17) is 9.47 Å². The molecule has 0 saturated heterocycles. The number of hydrogen-bond donors (Lipinski definition) is 0. The predicted molar refractivity (Wildman–Crippen MR) is 108 cm³/mol. The van der Waals surface area contributed by atoms with Crippen LogP contribution < -0.4 is 0 Å². The second kappa shape index (κ2) is 9.23. The third-order valence-electron chi connectivity index (χ3n) is 3.76. The highest BCUT2D eigenvalue weighted by molar-refractivity contribution is 14.1. The molecule has 2 rings (SSSR count). The van der Waals surface area contributed by atoms with Crippen LogP contribution in [0.25, 0.3) is 0 Å². The van der Waals surface area contributed by atoms with Gasteiger partial charge in [-0.2, -0.15) is 0 Å². The van der Waals surface area contributed by atoms with Crippen molar-refractivity contribution in [3.63, 3.8) is 0 Å². The lowest BCUT2D eigenvalue weighted by Gasteiger charge is -2.29. The third kappa shape index (κ3) is 6.65. The zero-order valence-corrected chi connectivity index (χ0v) is 16.5. The minimum Gasteiger partial charge on any atom is -0.494 e. The summed E-state index contributed by atoms with van der Waals surface area (Å²) in [7, 11) is 0. The topological polar surface area (TPSA) is 18.5 Å². The van der Waals surface area contributed by atoms with E-state index in [2.05, 4.69) is 67.3 Å². The van der Waals surface area contributed by atoms with Gasteiger partial charge in [-0.05, 0) is 25.0 Å². The van der Waals surface area contributed by atoms with Crippen molar-refractivity contribution in [2.24, 2.45) is 0 Å². The van der Waals surface area contributed by atoms with Crippen molar-refractivity contribution in [1.82, 2.24) is 0 Å². The molecule has 0 aliphatic heterocycles. The minimum absolute atomic E-state index is 0.00835. The van der Waals surface area contributed by atoms with Crippen molar-refractivity contribution < 1.29 is 9.47 Å². The smallest absolute Gasteiger partial charge is 0.113 e. The van der Waals surface area contributed by atoms with E-state index in [1.54, 1.807) is 0 Å². The van der Waals surface area contributed by atoms with Crippen LogP contribution in [-0.2, 0) is 22.7 Å². The van der Waals surface area contributed by atoms with Crippen molar-refractivity contribution in [3.05, 3.63) is 84.1 Å². The maximum Gasteiger partial charge on any atom is 0.113 e. The normalized spacial score (nSPS) is 12.6. The zero-order valence-electron chi connectivity index (χ0n) is 14.4. The lowest BCUT2D eigenvalue weighted by Crippen LogP contribution is -2.33. The highest BCUT2D eigenvalue weighted by Crippen LogP contribution is 2.29. The van der Waals surface area contributed by atoms with E-state index >= 15 is 0 Å². The fourth-order valence-corrected chi connectivity index (χ4v) is 2.70. The maximum absolute atomic E-state index is 6.17. The van der Waals surface area contributed by atoms with Crippen molar-refractivity contribution in [2.45, 2.75) is 43.0 Å². The van der Waals surface area contributed by atoms with Gasteiger partial charge >= 0.3 is 0 Å². The summed E-state index contributed by atoms with van der Waals surface area (Å²) in [6, 6.07) is 20.4. The predicted octanol–water partition coefficient (Wildman–Crippen LogP) is 5.91. The maximum atomic E-state index is 6.17. The lowest BCUT2D eigenvalue weighted by atomic mass is 10.0. The van der Waals surface area contributed by atoms with Crippen LogP contribution in [0.4, 0.5) is 0 Å². The van der Waals surface area contributed by atoms with Gasteiger partial charge in [0.1, 0.15) is 6.61 Å². The zero-order chi connectivity index (χ0) is 17.4. The number of ether oxygens (including phenoxy) is 2. The summed E-state index contributed by atoms with van der Waals surface area (Å²) in [6.07, 6.45) is 0.733. The van der Waals surface area contributed by atoms with Gasteiger partial charge in [0, 0.05) is 9.84 Å². The monoisotopic (exact) mass is 436 g/mol. The molecule has 2 nitrogen and oxygen atoms in total. The third-order valence-corrected chi connectivity index (χ3v) is 4.45.